The lowest BCUT2D eigenvalue weighted by atomic mass is 10.1. The highest BCUT2D eigenvalue weighted by Crippen LogP contribution is 2.27. The summed E-state index contributed by atoms with van der Waals surface area (Å²) in [5, 5.41) is 8.98. The molecule has 0 bridgehead atoms. The van der Waals surface area contributed by atoms with Gasteiger partial charge in [-0.2, -0.15) is 0 Å². The lowest BCUT2D eigenvalue weighted by Crippen LogP contribution is -2.20. The second kappa shape index (κ2) is 8.62. The molecule has 0 aliphatic carbocycles. The van der Waals surface area contributed by atoms with E-state index in [1.165, 1.54) is 36.0 Å². The summed E-state index contributed by atoms with van der Waals surface area (Å²) in [5.41, 5.74) is 0.737. The van der Waals surface area contributed by atoms with Gasteiger partial charge in [0.15, 0.2) is 16.8 Å². The number of carbonyl (C=O) groups is 1. The lowest BCUT2D eigenvalue weighted by Gasteiger charge is -2.20. The summed E-state index contributed by atoms with van der Waals surface area (Å²) in [6.45, 7) is 1.98. The molecule has 8 heteroatoms. The second-order valence-corrected chi connectivity index (χ2v) is 7.43. The Labute approximate surface area is 166 Å². The number of aromatic nitrogens is 3. The zero-order chi connectivity index (χ0) is 20.3. The van der Waals surface area contributed by atoms with Crippen LogP contribution in [0.3, 0.4) is 0 Å². The number of hydrogen-bond acceptors (Lipinski definition) is 5. The van der Waals surface area contributed by atoms with Crippen LogP contribution in [-0.2, 0) is 0 Å². The first-order valence-electron chi connectivity index (χ1n) is 8.66. The lowest BCUT2D eigenvalue weighted by molar-refractivity contribution is 0.101. The Hall–Kier alpha value is -2.58. The summed E-state index contributed by atoms with van der Waals surface area (Å²) in [7, 11) is 3.84. The summed E-state index contributed by atoms with van der Waals surface area (Å²) in [6.07, 6.45) is 0. The van der Waals surface area contributed by atoms with E-state index in [1.807, 2.05) is 25.9 Å². The van der Waals surface area contributed by atoms with Crippen molar-refractivity contribution in [3.63, 3.8) is 0 Å². The molecular formula is C20H20F2N4OS. The molecule has 0 fully saturated rings. The van der Waals surface area contributed by atoms with Crippen LogP contribution in [0.25, 0.3) is 5.69 Å². The SMILES string of the molecule is C[C@@H](c1nnc(SCC(=O)c2ccccc2F)n1-c1ccc(F)cc1)N(C)C. The third kappa shape index (κ3) is 4.28. The standard InChI is InChI=1S/C20H20F2N4OS/c1-13(25(2)3)19-23-24-20(26(19)15-10-8-14(21)9-11-15)28-12-18(27)16-6-4-5-7-17(16)22/h4-11,13H,12H2,1-3H3/t13-/m0/s1. The quantitative estimate of drug-likeness (QED) is 0.439. The number of rotatable bonds is 7. The molecule has 1 heterocycles. The van der Waals surface area contributed by atoms with E-state index >= 15 is 0 Å². The smallest absolute Gasteiger partial charge is 0.196 e. The van der Waals surface area contributed by atoms with Crippen LogP contribution in [0.2, 0.25) is 0 Å². The fraction of sp³-hybridized carbons (Fsp3) is 0.250. The van der Waals surface area contributed by atoms with Crippen LogP contribution in [0.4, 0.5) is 8.78 Å². The zero-order valence-electron chi connectivity index (χ0n) is 15.8. The number of hydrogen-bond donors (Lipinski definition) is 0. The third-order valence-corrected chi connectivity index (χ3v) is 5.33. The Morgan fingerprint density at radius 1 is 1.11 bits per heavy atom. The monoisotopic (exact) mass is 402 g/mol. The number of carbonyl (C=O) groups excluding carboxylic acids is 1. The highest BCUT2D eigenvalue weighted by Gasteiger charge is 2.22. The molecule has 0 unspecified atom stereocenters. The maximum Gasteiger partial charge on any atom is 0.196 e. The third-order valence-electron chi connectivity index (χ3n) is 4.40. The Morgan fingerprint density at radius 3 is 2.43 bits per heavy atom. The molecule has 1 aromatic heterocycles. The van der Waals surface area contributed by atoms with Crippen molar-refractivity contribution in [2.45, 2.75) is 18.1 Å². The molecule has 1 atom stereocenters. The van der Waals surface area contributed by atoms with Gasteiger partial charge in [-0.05, 0) is 57.4 Å². The fourth-order valence-corrected chi connectivity index (χ4v) is 3.45. The van der Waals surface area contributed by atoms with Gasteiger partial charge in [-0.1, -0.05) is 23.9 Å². The van der Waals surface area contributed by atoms with Gasteiger partial charge < -0.3 is 0 Å². The summed E-state index contributed by atoms with van der Waals surface area (Å²) in [5.74, 6) is -0.550. The van der Waals surface area contributed by atoms with Crippen LogP contribution in [0.1, 0.15) is 29.1 Å². The van der Waals surface area contributed by atoms with Gasteiger partial charge >= 0.3 is 0 Å². The molecule has 0 N–H and O–H groups in total. The number of benzene rings is 2. The summed E-state index contributed by atoms with van der Waals surface area (Å²) >= 11 is 1.17. The van der Waals surface area contributed by atoms with Crippen LogP contribution < -0.4 is 0 Å². The Morgan fingerprint density at radius 2 is 1.79 bits per heavy atom. The van der Waals surface area contributed by atoms with E-state index in [1.54, 1.807) is 28.8 Å². The van der Waals surface area contributed by atoms with E-state index in [2.05, 4.69) is 10.2 Å². The van der Waals surface area contributed by atoms with Crippen molar-refractivity contribution in [2.75, 3.05) is 19.8 Å². The maximum absolute atomic E-state index is 13.8. The van der Waals surface area contributed by atoms with Crippen molar-refractivity contribution >= 4 is 17.5 Å². The molecular weight excluding hydrogens is 382 g/mol. The first-order chi connectivity index (χ1) is 13.4. The first-order valence-corrected chi connectivity index (χ1v) is 9.65. The normalized spacial score (nSPS) is 12.4. The molecule has 2 aromatic carbocycles. The molecule has 0 amide bonds. The summed E-state index contributed by atoms with van der Waals surface area (Å²) in [6, 6.07) is 11.8. The van der Waals surface area contributed by atoms with Gasteiger partial charge in [-0.15, -0.1) is 10.2 Å². The number of nitrogens with zero attached hydrogens (tertiary/aromatic N) is 4. The highest BCUT2D eigenvalue weighted by molar-refractivity contribution is 7.99. The van der Waals surface area contributed by atoms with E-state index < -0.39 is 5.82 Å². The summed E-state index contributed by atoms with van der Waals surface area (Å²) in [4.78, 5) is 14.4. The minimum absolute atomic E-state index is 0.0105. The molecule has 0 radical (unpaired) electrons. The summed E-state index contributed by atoms with van der Waals surface area (Å²) < 4.78 is 29.0. The topological polar surface area (TPSA) is 51.0 Å². The van der Waals surface area contributed by atoms with Gasteiger partial charge in [-0.3, -0.25) is 14.3 Å². The van der Waals surface area contributed by atoms with E-state index in [9.17, 15) is 13.6 Å². The minimum atomic E-state index is -0.546. The Kier molecular flexibility index (Phi) is 6.21. The minimum Gasteiger partial charge on any atom is -0.300 e. The molecule has 3 rings (SSSR count). The molecule has 0 saturated heterocycles. The predicted molar refractivity (Wildman–Crippen MR) is 105 cm³/mol. The van der Waals surface area contributed by atoms with Gasteiger partial charge in [-0.25, -0.2) is 8.78 Å². The van der Waals surface area contributed by atoms with Crippen molar-refractivity contribution in [2.24, 2.45) is 0 Å². The van der Waals surface area contributed by atoms with E-state index in [4.69, 9.17) is 0 Å². The van der Waals surface area contributed by atoms with E-state index in [-0.39, 0.29) is 29.0 Å². The van der Waals surface area contributed by atoms with E-state index in [0.717, 1.165) is 0 Å². The number of Topliss-reactive ketones (excluding diaryl/α,β-unsaturated/α-hetero) is 1. The maximum atomic E-state index is 13.8. The Bertz CT molecular complexity index is 973. The van der Waals surface area contributed by atoms with Crippen molar-refractivity contribution in [3.8, 4) is 5.69 Å². The molecule has 28 heavy (non-hydrogen) atoms. The largest absolute Gasteiger partial charge is 0.300 e. The number of thioether (sulfide) groups is 1. The zero-order valence-corrected chi connectivity index (χ0v) is 16.6. The van der Waals surface area contributed by atoms with Gasteiger partial charge in [0.1, 0.15) is 11.6 Å². The first kappa shape index (κ1) is 20.2. The fourth-order valence-electron chi connectivity index (χ4n) is 2.60. The van der Waals surface area contributed by atoms with Crippen LogP contribution in [0.5, 0.6) is 0 Å². The second-order valence-electron chi connectivity index (χ2n) is 6.48. The van der Waals surface area contributed by atoms with E-state index in [0.29, 0.717) is 16.7 Å². The molecule has 0 spiro atoms. The average molecular weight is 402 g/mol. The Balaban J connectivity index is 1.91. The van der Waals surface area contributed by atoms with Crippen molar-refractivity contribution in [1.29, 1.82) is 0 Å². The molecule has 3 aromatic rings. The van der Waals surface area contributed by atoms with Crippen molar-refractivity contribution in [3.05, 3.63) is 71.6 Å². The van der Waals surface area contributed by atoms with Gasteiger partial charge in [0.05, 0.1) is 17.4 Å². The molecule has 0 aliphatic heterocycles. The number of ketones is 1. The van der Waals surface area contributed by atoms with Gasteiger partial charge in [0, 0.05) is 5.69 Å². The number of halogens is 2. The average Bonchev–Trinajstić information content (AvgIpc) is 3.10. The predicted octanol–water partition coefficient (Wildman–Crippen LogP) is 4.14. The van der Waals surface area contributed by atoms with Crippen molar-refractivity contribution in [1.82, 2.24) is 19.7 Å². The van der Waals surface area contributed by atoms with Crippen LogP contribution in [0, 0.1) is 11.6 Å². The van der Waals surface area contributed by atoms with Gasteiger partial charge in [0.2, 0.25) is 0 Å². The molecule has 0 aliphatic rings. The van der Waals surface area contributed by atoms with Crippen LogP contribution in [-0.4, -0.2) is 45.3 Å². The molecule has 5 nitrogen and oxygen atoms in total. The van der Waals surface area contributed by atoms with Gasteiger partial charge in [0.25, 0.3) is 0 Å². The molecule has 0 saturated carbocycles. The van der Waals surface area contributed by atoms with Crippen molar-refractivity contribution < 1.29 is 13.6 Å². The van der Waals surface area contributed by atoms with Crippen LogP contribution in [0.15, 0.2) is 53.7 Å². The molecule has 146 valence electrons. The highest BCUT2D eigenvalue weighted by atomic mass is 32.2. The van der Waals surface area contributed by atoms with Crippen LogP contribution >= 0.6 is 11.8 Å².